The molecule has 31 heavy (non-hydrogen) atoms. The summed E-state index contributed by atoms with van der Waals surface area (Å²) in [4.78, 5) is 58.3. The van der Waals surface area contributed by atoms with Gasteiger partial charge in [0.25, 0.3) is 5.56 Å². The van der Waals surface area contributed by atoms with Gasteiger partial charge in [0.05, 0.1) is 0 Å². The van der Waals surface area contributed by atoms with Gasteiger partial charge in [-0.3, -0.25) is 19.2 Å². The van der Waals surface area contributed by atoms with E-state index in [0.717, 1.165) is 0 Å². The Morgan fingerprint density at radius 1 is 1.32 bits per heavy atom. The van der Waals surface area contributed by atoms with Crippen LogP contribution in [0.4, 0.5) is 0 Å². The minimum absolute atomic E-state index is 0.0442. The molecule has 3 N–H and O–H groups in total. The molecule has 4 heterocycles. The summed E-state index contributed by atoms with van der Waals surface area (Å²) in [5.74, 6) is -0.668. The van der Waals surface area contributed by atoms with Crippen LogP contribution < -0.4 is 16.2 Å². The number of nitrogens with zero attached hydrogens (tertiary/aromatic N) is 2. The van der Waals surface area contributed by atoms with Crippen LogP contribution in [0.25, 0.3) is 0 Å². The van der Waals surface area contributed by atoms with E-state index in [1.54, 1.807) is 6.92 Å². The van der Waals surface area contributed by atoms with Gasteiger partial charge in [0.2, 0.25) is 17.7 Å². The van der Waals surface area contributed by atoms with Crippen molar-refractivity contribution in [2.24, 2.45) is 5.92 Å². The van der Waals surface area contributed by atoms with Gasteiger partial charge in [-0.1, -0.05) is 0 Å². The van der Waals surface area contributed by atoms with Gasteiger partial charge < -0.3 is 25.3 Å². The standard InChI is InChI=1S/C21H29N5O5/c1-13-23-11-14(18(28)24-13)2-3-17(27)26-12-15(10-21(26)5-8-31-9-6-21)25-20(30)16-4-7-22-19(16)29/h11,15-16H,2-10,12H2,1H3,(H,22,29)(H,25,30)(H,23,24,28). The summed E-state index contributed by atoms with van der Waals surface area (Å²) in [7, 11) is 0. The Balaban J connectivity index is 1.43. The highest BCUT2D eigenvalue weighted by Gasteiger charge is 2.49. The van der Waals surface area contributed by atoms with E-state index in [0.29, 0.717) is 69.8 Å². The molecule has 1 aromatic heterocycles. The van der Waals surface area contributed by atoms with E-state index in [9.17, 15) is 19.2 Å². The molecule has 2 atom stereocenters. The molecule has 3 fully saturated rings. The van der Waals surface area contributed by atoms with Gasteiger partial charge in [-0.25, -0.2) is 4.98 Å². The molecule has 168 valence electrons. The van der Waals surface area contributed by atoms with E-state index < -0.39 is 5.92 Å². The first-order valence-electron chi connectivity index (χ1n) is 10.9. The van der Waals surface area contributed by atoms with Crippen LogP contribution in [0.2, 0.25) is 0 Å². The van der Waals surface area contributed by atoms with Crippen molar-refractivity contribution in [3.63, 3.8) is 0 Å². The number of carbonyl (C=O) groups is 3. The number of nitrogens with one attached hydrogen (secondary N) is 3. The largest absolute Gasteiger partial charge is 0.381 e. The normalized spacial score (nSPS) is 24.9. The number of rotatable bonds is 5. The van der Waals surface area contributed by atoms with Gasteiger partial charge in [0, 0.05) is 56.1 Å². The highest BCUT2D eigenvalue weighted by atomic mass is 16.5. The summed E-state index contributed by atoms with van der Waals surface area (Å²) in [6.45, 7) is 3.76. The number of ether oxygens (including phenoxy) is 1. The summed E-state index contributed by atoms with van der Waals surface area (Å²) in [5, 5.41) is 5.68. The lowest BCUT2D eigenvalue weighted by atomic mass is 9.86. The zero-order valence-corrected chi connectivity index (χ0v) is 17.7. The molecule has 0 bridgehead atoms. The molecule has 2 unspecified atom stereocenters. The number of amides is 3. The number of hydrogen-bond donors (Lipinski definition) is 3. The topological polar surface area (TPSA) is 133 Å². The third-order valence-electron chi connectivity index (χ3n) is 6.65. The molecule has 10 heteroatoms. The van der Waals surface area contributed by atoms with E-state index in [2.05, 4.69) is 20.6 Å². The molecule has 3 amide bonds. The molecule has 1 aromatic rings. The third kappa shape index (κ3) is 4.48. The van der Waals surface area contributed by atoms with Crippen LogP contribution in [-0.2, 0) is 25.5 Å². The van der Waals surface area contributed by atoms with Crippen LogP contribution in [0.3, 0.4) is 0 Å². The molecule has 10 nitrogen and oxygen atoms in total. The Labute approximate surface area is 180 Å². The molecule has 0 aromatic carbocycles. The van der Waals surface area contributed by atoms with E-state index in [1.807, 2.05) is 4.90 Å². The molecule has 3 aliphatic heterocycles. The van der Waals surface area contributed by atoms with Crippen LogP contribution in [0.15, 0.2) is 11.0 Å². The minimum Gasteiger partial charge on any atom is -0.381 e. The first-order valence-corrected chi connectivity index (χ1v) is 10.9. The van der Waals surface area contributed by atoms with Crippen molar-refractivity contribution >= 4 is 17.7 Å². The van der Waals surface area contributed by atoms with Gasteiger partial charge in [-0.2, -0.15) is 0 Å². The summed E-state index contributed by atoms with van der Waals surface area (Å²) in [6, 6.07) is -0.201. The van der Waals surface area contributed by atoms with Crippen LogP contribution in [-0.4, -0.2) is 70.5 Å². The number of aromatic amines is 1. The second-order valence-electron chi connectivity index (χ2n) is 8.71. The van der Waals surface area contributed by atoms with Gasteiger partial charge in [-0.05, 0) is 39.0 Å². The Hall–Kier alpha value is -2.75. The second kappa shape index (κ2) is 8.78. The lowest BCUT2D eigenvalue weighted by Crippen LogP contribution is -2.50. The fourth-order valence-corrected chi connectivity index (χ4v) is 4.95. The van der Waals surface area contributed by atoms with Crippen molar-refractivity contribution in [3.8, 4) is 0 Å². The quantitative estimate of drug-likeness (QED) is 0.534. The highest BCUT2D eigenvalue weighted by Crippen LogP contribution is 2.38. The maximum absolute atomic E-state index is 13.2. The second-order valence-corrected chi connectivity index (χ2v) is 8.71. The predicted molar refractivity (Wildman–Crippen MR) is 110 cm³/mol. The molecule has 1 spiro atoms. The van der Waals surface area contributed by atoms with E-state index in [-0.39, 0.29) is 41.3 Å². The smallest absolute Gasteiger partial charge is 0.254 e. The number of hydrogen-bond acceptors (Lipinski definition) is 6. The van der Waals surface area contributed by atoms with E-state index in [4.69, 9.17) is 4.74 Å². The first-order chi connectivity index (χ1) is 14.9. The number of aromatic nitrogens is 2. The van der Waals surface area contributed by atoms with Crippen molar-refractivity contribution in [1.82, 2.24) is 25.5 Å². The first kappa shape index (κ1) is 21.5. The average Bonchev–Trinajstić information content (AvgIpc) is 3.31. The van der Waals surface area contributed by atoms with E-state index in [1.165, 1.54) is 6.20 Å². The number of likely N-dealkylation sites (tertiary alicyclic amines) is 1. The molecular formula is C21H29N5O5. The molecule has 3 saturated heterocycles. The Kier molecular flexibility index (Phi) is 6.08. The van der Waals surface area contributed by atoms with Crippen LogP contribution in [0.5, 0.6) is 0 Å². The molecule has 4 rings (SSSR count). The lowest BCUT2D eigenvalue weighted by Gasteiger charge is -2.41. The fraction of sp³-hybridized carbons (Fsp3) is 0.667. The van der Waals surface area contributed by atoms with Crippen molar-refractivity contribution in [2.75, 3.05) is 26.3 Å². The Morgan fingerprint density at radius 3 is 2.77 bits per heavy atom. The van der Waals surface area contributed by atoms with Crippen LogP contribution in [0.1, 0.15) is 43.5 Å². The lowest BCUT2D eigenvalue weighted by molar-refractivity contribution is -0.139. The zero-order chi connectivity index (χ0) is 22.0. The molecule has 0 saturated carbocycles. The minimum atomic E-state index is -0.656. The summed E-state index contributed by atoms with van der Waals surface area (Å²) >= 11 is 0. The van der Waals surface area contributed by atoms with Crippen LogP contribution >= 0.6 is 0 Å². The Bertz CT molecular complexity index is 923. The van der Waals surface area contributed by atoms with E-state index >= 15 is 0 Å². The molecular weight excluding hydrogens is 402 g/mol. The SMILES string of the molecule is Cc1ncc(CCC(=O)N2CC(NC(=O)C3CCNC3=O)CC23CCOCC3)c(=O)[nH]1. The summed E-state index contributed by atoms with van der Waals surface area (Å²) in [6.07, 6.45) is 4.59. The highest BCUT2D eigenvalue weighted by molar-refractivity contribution is 6.01. The van der Waals surface area contributed by atoms with Crippen molar-refractivity contribution in [3.05, 3.63) is 27.9 Å². The average molecular weight is 431 g/mol. The van der Waals surface area contributed by atoms with Crippen molar-refractivity contribution in [1.29, 1.82) is 0 Å². The molecule has 0 aliphatic carbocycles. The molecule has 0 radical (unpaired) electrons. The number of H-pyrrole nitrogens is 1. The maximum atomic E-state index is 13.2. The fourth-order valence-electron chi connectivity index (χ4n) is 4.95. The zero-order valence-electron chi connectivity index (χ0n) is 17.7. The Morgan fingerprint density at radius 2 is 2.10 bits per heavy atom. The summed E-state index contributed by atoms with van der Waals surface area (Å²) < 4.78 is 5.52. The van der Waals surface area contributed by atoms with Crippen molar-refractivity contribution < 1.29 is 19.1 Å². The molecule has 3 aliphatic rings. The maximum Gasteiger partial charge on any atom is 0.254 e. The third-order valence-corrected chi connectivity index (χ3v) is 6.65. The number of carbonyl (C=O) groups excluding carboxylic acids is 3. The predicted octanol–water partition coefficient (Wildman–Crippen LogP) is -0.587. The van der Waals surface area contributed by atoms with Crippen molar-refractivity contribution in [2.45, 2.75) is 57.0 Å². The van der Waals surface area contributed by atoms with Gasteiger partial charge in [0.1, 0.15) is 11.7 Å². The van der Waals surface area contributed by atoms with Gasteiger partial charge in [-0.15, -0.1) is 0 Å². The number of aryl methyl sites for hydroxylation is 2. The van der Waals surface area contributed by atoms with Gasteiger partial charge in [0.15, 0.2) is 0 Å². The van der Waals surface area contributed by atoms with Gasteiger partial charge >= 0.3 is 0 Å². The monoisotopic (exact) mass is 431 g/mol. The summed E-state index contributed by atoms with van der Waals surface area (Å²) in [5.41, 5.74) is -0.0952. The van der Waals surface area contributed by atoms with Crippen LogP contribution in [0, 0.1) is 12.8 Å².